The third-order valence-corrected chi connectivity index (χ3v) is 4.28. The van der Waals surface area contributed by atoms with E-state index >= 15 is 0 Å². The van der Waals surface area contributed by atoms with Gasteiger partial charge in [0.1, 0.15) is 19.2 Å². The molecule has 6 nitrogen and oxygen atoms in total. The van der Waals surface area contributed by atoms with E-state index in [1.807, 2.05) is 16.5 Å². The molecule has 0 spiro atoms. The summed E-state index contributed by atoms with van der Waals surface area (Å²) in [6, 6.07) is 0. The average Bonchev–Trinajstić information content (AvgIpc) is 3.12. The van der Waals surface area contributed by atoms with E-state index < -0.39 is 0 Å². The quantitative estimate of drug-likeness (QED) is 0.844. The first kappa shape index (κ1) is 12.3. The third-order valence-electron chi connectivity index (χ3n) is 3.34. The highest BCUT2D eigenvalue weighted by Gasteiger charge is 2.26. The minimum Gasteiger partial charge on any atom is -0.340 e. The number of piperidine rings is 1. The van der Waals surface area contributed by atoms with Crippen LogP contribution in [0.2, 0.25) is 0 Å². The Hall–Kier alpha value is -1.76. The lowest BCUT2D eigenvalue weighted by Gasteiger charge is -2.31. The normalized spacial score (nSPS) is 19.6. The molecule has 1 aliphatic rings. The highest BCUT2D eigenvalue weighted by atomic mass is 32.1. The van der Waals surface area contributed by atoms with Crippen molar-refractivity contribution in [3.63, 3.8) is 0 Å². The van der Waals surface area contributed by atoms with Crippen molar-refractivity contribution < 1.29 is 4.79 Å². The van der Waals surface area contributed by atoms with E-state index in [1.54, 1.807) is 22.3 Å². The van der Waals surface area contributed by atoms with E-state index in [0.29, 0.717) is 5.92 Å². The van der Waals surface area contributed by atoms with Crippen LogP contribution in [-0.2, 0) is 11.3 Å². The molecule has 0 saturated carbocycles. The molecule has 1 aliphatic heterocycles. The summed E-state index contributed by atoms with van der Waals surface area (Å²) >= 11 is 1.67. The van der Waals surface area contributed by atoms with Gasteiger partial charge in [0.05, 0.1) is 5.01 Å². The van der Waals surface area contributed by atoms with E-state index in [9.17, 15) is 4.79 Å². The van der Waals surface area contributed by atoms with E-state index in [0.717, 1.165) is 30.9 Å². The lowest BCUT2D eigenvalue weighted by Crippen LogP contribution is -2.40. The maximum Gasteiger partial charge on any atom is 0.244 e. The van der Waals surface area contributed by atoms with Gasteiger partial charge in [-0.1, -0.05) is 0 Å². The number of amides is 1. The van der Waals surface area contributed by atoms with Gasteiger partial charge in [-0.2, -0.15) is 5.10 Å². The average molecular weight is 277 g/mol. The van der Waals surface area contributed by atoms with Crippen molar-refractivity contribution in [2.45, 2.75) is 25.3 Å². The molecule has 0 N–H and O–H groups in total. The van der Waals surface area contributed by atoms with Crippen LogP contribution < -0.4 is 0 Å². The van der Waals surface area contributed by atoms with Gasteiger partial charge in [-0.05, 0) is 12.8 Å². The van der Waals surface area contributed by atoms with Crippen LogP contribution in [0, 0.1) is 0 Å². The summed E-state index contributed by atoms with van der Waals surface area (Å²) in [6.07, 6.45) is 6.99. The van der Waals surface area contributed by atoms with Crippen molar-refractivity contribution in [1.82, 2.24) is 24.6 Å². The number of nitrogens with zero attached hydrogens (tertiary/aromatic N) is 5. The first-order valence-electron chi connectivity index (χ1n) is 6.32. The Morgan fingerprint density at radius 1 is 1.53 bits per heavy atom. The number of carbonyl (C=O) groups excluding carboxylic acids is 1. The second-order valence-electron chi connectivity index (χ2n) is 4.64. The number of hydrogen-bond donors (Lipinski definition) is 0. The Balaban J connectivity index is 1.63. The molecule has 0 unspecified atom stereocenters. The minimum absolute atomic E-state index is 0.103. The largest absolute Gasteiger partial charge is 0.340 e. The number of rotatable bonds is 3. The zero-order valence-corrected chi connectivity index (χ0v) is 11.3. The number of likely N-dealkylation sites (tertiary alicyclic amines) is 1. The van der Waals surface area contributed by atoms with Crippen LogP contribution in [0.5, 0.6) is 0 Å². The van der Waals surface area contributed by atoms with Crippen molar-refractivity contribution in [3.05, 3.63) is 29.2 Å². The van der Waals surface area contributed by atoms with Crippen molar-refractivity contribution in [3.8, 4) is 0 Å². The van der Waals surface area contributed by atoms with Gasteiger partial charge in [0.2, 0.25) is 5.91 Å². The predicted octanol–water partition coefficient (Wildman–Crippen LogP) is 1.14. The topological polar surface area (TPSA) is 63.9 Å². The van der Waals surface area contributed by atoms with Crippen molar-refractivity contribution in [1.29, 1.82) is 0 Å². The monoisotopic (exact) mass is 277 g/mol. The molecule has 3 rings (SSSR count). The Morgan fingerprint density at radius 3 is 3.21 bits per heavy atom. The summed E-state index contributed by atoms with van der Waals surface area (Å²) in [6.45, 7) is 1.86. The van der Waals surface area contributed by atoms with Crippen molar-refractivity contribution in [2.75, 3.05) is 13.1 Å². The van der Waals surface area contributed by atoms with Gasteiger partial charge in [-0.25, -0.2) is 14.6 Å². The lowest BCUT2D eigenvalue weighted by atomic mass is 9.99. The second-order valence-corrected chi connectivity index (χ2v) is 5.57. The molecular weight excluding hydrogens is 262 g/mol. The van der Waals surface area contributed by atoms with E-state index in [2.05, 4.69) is 15.1 Å². The molecule has 2 aromatic heterocycles. The summed E-state index contributed by atoms with van der Waals surface area (Å²) in [5.41, 5.74) is 0. The second kappa shape index (κ2) is 5.48. The molecular formula is C12H15N5OS. The molecule has 0 bridgehead atoms. The third kappa shape index (κ3) is 2.81. The van der Waals surface area contributed by atoms with Crippen LogP contribution >= 0.6 is 11.3 Å². The van der Waals surface area contributed by atoms with Crippen LogP contribution in [-0.4, -0.2) is 43.6 Å². The molecule has 1 amide bonds. The predicted molar refractivity (Wildman–Crippen MR) is 70.7 cm³/mol. The summed E-state index contributed by atoms with van der Waals surface area (Å²) in [5, 5.41) is 7.10. The maximum absolute atomic E-state index is 12.2. The van der Waals surface area contributed by atoms with E-state index in [-0.39, 0.29) is 12.5 Å². The first-order chi connectivity index (χ1) is 9.33. The Labute approximate surface area is 115 Å². The number of hydrogen-bond acceptors (Lipinski definition) is 5. The van der Waals surface area contributed by atoms with E-state index in [4.69, 9.17) is 0 Å². The van der Waals surface area contributed by atoms with Crippen molar-refractivity contribution in [2.24, 2.45) is 0 Å². The Morgan fingerprint density at radius 2 is 2.47 bits per heavy atom. The van der Waals surface area contributed by atoms with Crippen LogP contribution in [0.4, 0.5) is 0 Å². The number of thiazole rings is 1. The van der Waals surface area contributed by atoms with Gasteiger partial charge in [0.25, 0.3) is 0 Å². The molecule has 100 valence electrons. The molecule has 3 heterocycles. The number of carbonyl (C=O) groups is 1. The zero-order valence-electron chi connectivity index (χ0n) is 10.5. The maximum atomic E-state index is 12.2. The van der Waals surface area contributed by atoms with Gasteiger partial charge in [-0.3, -0.25) is 4.79 Å². The van der Waals surface area contributed by atoms with Gasteiger partial charge in [0, 0.05) is 30.6 Å². The summed E-state index contributed by atoms with van der Waals surface area (Å²) in [7, 11) is 0. The van der Waals surface area contributed by atoms with Crippen LogP contribution in [0.25, 0.3) is 0 Å². The summed E-state index contributed by atoms with van der Waals surface area (Å²) in [5.74, 6) is 0.486. The van der Waals surface area contributed by atoms with Gasteiger partial charge >= 0.3 is 0 Å². The minimum atomic E-state index is 0.103. The smallest absolute Gasteiger partial charge is 0.244 e. The molecule has 2 aromatic rings. The molecule has 19 heavy (non-hydrogen) atoms. The zero-order chi connectivity index (χ0) is 13.1. The molecule has 0 aromatic carbocycles. The summed E-state index contributed by atoms with van der Waals surface area (Å²) < 4.78 is 1.56. The van der Waals surface area contributed by atoms with Crippen LogP contribution in [0.15, 0.2) is 24.2 Å². The first-order valence-corrected chi connectivity index (χ1v) is 7.20. The highest BCUT2D eigenvalue weighted by molar-refractivity contribution is 7.09. The molecule has 0 aliphatic carbocycles. The molecule has 1 saturated heterocycles. The fourth-order valence-electron chi connectivity index (χ4n) is 2.39. The van der Waals surface area contributed by atoms with Crippen LogP contribution in [0.1, 0.15) is 23.8 Å². The summed E-state index contributed by atoms with van der Waals surface area (Å²) in [4.78, 5) is 22.3. The van der Waals surface area contributed by atoms with Gasteiger partial charge in [-0.15, -0.1) is 11.3 Å². The van der Waals surface area contributed by atoms with Gasteiger partial charge < -0.3 is 4.90 Å². The fraction of sp³-hybridized carbons (Fsp3) is 0.500. The highest BCUT2D eigenvalue weighted by Crippen LogP contribution is 2.28. The Kier molecular flexibility index (Phi) is 3.54. The Bertz CT molecular complexity index is 524. The van der Waals surface area contributed by atoms with Crippen LogP contribution in [0.3, 0.4) is 0 Å². The van der Waals surface area contributed by atoms with Crippen molar-refractivity contribution >= 4 is 17.2 Å². The van der Waals surface area contributed by atoms with Gasteiger partial charge in [0.15, 0.2) is 0 Å². The number of aromatic nitrogens is 4. The molecule has 1 fully saturated rings. The van der Waals surface area contributed by atoms with E-state index in [1.165, 1.54) is 6.33 Å². The fourth-order valence-corrected chi connectivity index (χ4v) is 3.16. The molecule has 7 heteroatoms. The lowest BCUT2D eigenvalue weighted by molar-refractivity contribution is -0.133. The molecule has 0 radical (unpaired) electrons. The molecule has 1 atom stereocenters. The standard InChI is InChI=1S/C12H15N5OS/c18-11(7-17-9-13-8-15-17)16-4-1-2-10(6-16)12-14-3-5-19-12/h3,5,8-10H,1-2,4,6-7H2/t10-/m1/s1. The SMILES string of the molecule is O=C(Cn1cncn1)N1CCC[C@@H](c2nccs2)C1.